The van der Waals surface area contributed by atoms with Crippen LogP contribution in [0.1, 0.15) is 58.9 Å². The van der Waals surface area contributed by atoms with Gasteiger partial charge in [-0.15, -0.1) is 15.3 Å². The Morgan fingerprint density at radius 2 is 1.68 bits per heavy atom. The molecule has 0 aliphatic heterocycles. The molecule has 0 heterocycles. The van der Waals surface area contributed by atoms with Gasteiger partial charge in [0.05, 0.1) is 0 Å². The highest BCUT2D eigenvalue weighted by atomic mass is 79.9. The summed E-state index contributed by atoms with van der Waals surface area (Å²) in [6.07, 6.45) is 5.66. The Balaban J connectivity index is 2.45. The third-order valence-electron chi connectivity index (χ3n) is 5.64. The van der Waals surface area contributed by atoms with Crippen molar-refractivity contribution in [3.8, 4) is 0 Å². The molecule has 0 saturated heterocycles. The molecule has 0 nitrogen and oxygen atoms in total. The molecule has 2 rings (SSSR count). The van der Waals surface area contributed by atoms with Crippen molar-refractivity contribution < 1.29 is 0 Å². The molecule has 0 spiro atoms. The van der Waals surface area contributed by atoms with Crippen molar-refractivity contribution in [3.05, 3.63) is 35.9 Å². The predicted molar refractivity (Wildman–Crippen MR) is 91.5 cm³/mol. The normalized spacial score (nSPS) is 22.2. The van der Waals surface area contributed by atoms with Crippen LogP contribution in [0.4, 0.5) is 0 Å². The first-order valence-electron chi connectivity index (χ1n) is 7.62. The molecule has 1 aromatic rings. The second kappa shape index (κ2) is 5.36. The van der Waals surface area contributed by atoms with Crippen molar-refractivity contribution in [3.63, 3.8) is 0 Å². The van der Waals surface area contributed by atoms with Crippen LogP contribution in [0, 0.1) is 0 Å². The first-order chi connectivity index (χ1) is 8.87. The summed E-state index contributed by atoms with van der Waals surface area (Å²) in [6.45, 7) is 8.32. The molecule has 1 atom stereocenters. The zero-order valence-corrected chi connectivity index (χ0v) is 15.4. The van der Waals surface area contributed by atoms with Crippen molar-refractivity contribution >= 4 is 22.0 Å². The number of halogens is 1. The van der Waals surface area contributed by atoms with E-state index >= 15 is 0 Å². The molecule has 1 aromatic carbocycles. The van der Waals surface area contributed by atoms with E-state index in [1.807, 2.05) is 0 Å². The van der Waals surface area contributed by atoms with Crippen molar-refractivity contribution in [2.75, 3.05) is 0 Å². The Morgan fingerprint density at radius 1 is 1.16 bits per heavy atom. The van der Waals surface area contributed by atoms with Gasteiger partial charge in [0.25, 0.3) is 0 Å². The average Bonchev–Trinajstić information content (AvgIpc) is 2.87. The highest BCUT2D eigenvalue weighted by Gasteiger charge is 2.57. The fourth-order valence-electron chi connectivity index (χ4n) is 4.26. The van der Waals surface area contributed by atoms with Crippen LogP contribution < -0.4 is 0 Å². The fourth-order valence-corrected chi connectivity index (χ4v) is 11.2. The van der Waals surface area contributed by atoms with Gasteiger partial charge in [-0.25, -0.2) is 0 Å². The standard InChI is InChI=1S/C17H27BrSi/c1-5-19(18,17(4)13-9-10-14-17)16(2,3)15-11-7-6-8-12-15/h6-8,11-12H,5,9-10,13-14H2,1-4H3. The summed E-state index contributed by atoms with van der Waals surface area (Å²) in [7, 11) is 0. The van der Waals surface area contributed by atoms with E-state index in [0.717, 1.165) is 0 Å². The first-order valence-corrected chi connectivity index (χ1v) is 12.1. The van der Waals surface area contributed by atoms with E-state index in [1.54, 1.807) is 0 Å². The highest BCUT2D eigenvalue weighted by molar-refractivity contribution is 9.26. The largest absolute Gasteiger partial charge is 0.145 e. The van der Waals surface area contributed by atoms with Crippen LogP contribution in [0.5, 0.6) is 0 Å². The quantitative estimate of drug-likeness (QED) is 0.453. The summed E-state index contributed by atoms with van der Waals surface area (Å²) >= 11 is 4.36. The maximum Gasteiger partial charge on any atom is 0.145 e. The average molecular weight is 339 g/mol. The van der Waals surface area contributed by atoms with E-state index in [-0.39, 0.29) is 5.04 Å². The fraction of sp³-hybridized carbons (Fsp3) is 0.647. The maximum atomic E-state index is 4.36. The molecule has 1 aliphatic carbocycles. The topological polar surface area (TPSA) is 0 Å². The molecular weight excluding hydrogens is 312 g/mol. The van der Waals surface area contributed by atoms with Gasteiger partial charge in [0, 0.05) is 0 Å². The van der Waals surface area contributed by atoms with E-state index in [4.69, 9.17) is 0 Å². The van der Waals surface area contributed by atoms with Crippen LogP contribution in [0.15, 0.2) is 30.3 Å². The molecule has 1 unspecified atom stereocenters. The van der Waals surface area contributed by atoms with Crippen molar-refractivity contribution in [1.82, 2.24) is 0 Å². The molecule has 106 valence electrons. The lowest BCUT2D eigenvalue weighted by molar-refractivity contribution is 0.562. The Hall–Kier alpha value is -0.0831. The van der Waals surface area contributed by atoms with Gasteiger partial charge in [-0.3, -0.25) is 0 Å². The van der Waals surface area contributed by atoms with Gasteiger partial charge in [0.1, 0.15) is 6.69 Å². The molecule has 1 aliphatic rings. The number of rotatable bonds is 4. The lowest BCUT2D eigenvalue weighted by atomic mass is 10.0. The smallest absolute Gasteiger partial charge is 0.125 e. The molecule has 0 amide bonds. The molecule has 0 bridgehead atoms. The van der Waals surface area contributed by atoms with Crippen molar-refractivity contribution in [2.24, 2.45) is 0 Å². The second-order valence-electron chi connectivity index (χ2n) is 6.91. The van der Waals surface area contributed by atoms with Gasteiger partial charge in [0.15, 0.2) is 0 Å². The zero-order chi connectivity index (χ0) is 14.1. The Morgan fingerprint density at radius 3 is 2.16 bits per heavy atom. The molecule has 0 radical (unpaired) electrons. The second-order valence-corrected chi connectivity index (χ2v) is 15.7. The first kappa shape index (κ1) is 15.3. The number of hydrogen-bond acceptors (Lipinski definition) is 0. The lowest BCUT2D eigenvalue weighted by Crippen LogP contribution is -2.54. The van der Waals surface area contributed by atoms with E-state index in [9.17, 15) is 0 Å². The Kier molecular flexibility index (Phi) is 4.32. The van der Waals surface area contributed by atoms with E-state index in [2.05, 4.69) is 73.3 Å². The SMILES string of the molecule is CC[Si](Br)(C1(C)CCCC1)C(C)(C)c1ccccc1. The third kappa shape index (κ3) is 2.35. The van der Waals surface area contributed by atoms with Gasteiger partial charge in [-0.2, -0.15) is 0 Å². The monoisotopic (exact) mass is 338 g/mol. The Bertz CT molecular complexity index is 420. The summed E-state index contributed by atoms with van der Waals surface area (Å²) < 4.78 is 0. The van der Waals surface area contributed by atoms with E-state index < -0.39 is 6.69 Å². The zero-order valence-electron chi connectivity index (χ0n) is 12.8. The number of benzene rings is 1. The summed E-state index contributed by atoms with van der Waals surface area (Å²) in [4.78, 5) is 0. The van der Waals surface area contributed by atoms with Crippen molar-refractivity contribution in [1.29, 1.82) is 0 Å². The minimum Gasteiger partial charge on any atom is -0.125 e. The highest BCUT2D eigenvalue weighted by Crippen LogP contribution is 2.61. The molecular formula is C17H27BrSi. The predicted octanol–water partition coefficient (Wildman–Crippen LogP) is 6.20. The van der Waals surface area contributed by atoms with Crippen LogP contribution in [-0.4, -0.2) is 6.69 Å². The summed E-state index contributed by atoms with van der Waals surface area (Å²) in [6, 6.07) is 12.4. The summed E-state index contributed by atoms with van der Waals surface area (Å²) in [5, 5.41) is 0.823. The number of hydrogen-bond donors (Lipinski definition) is 0. The van der Waals surface area contributed by atoms with Gasteiger partial charge >= 0.3 is 0 Å². The molecule has 0 N–H and O–H groups in total. The van der Waals surface area contributed by atoms with Gasteiger partial charge in [0.2, 0.25) is 0 Å². The third-order valence-corrected chi connectivity index (χ3v) is 18.8. The summed E-state index contributed by atoms with van der Waals surface area (Å²) in [5.74, 6) is 0. The lowest BCUT2D eigenvalue weighted by Gasteiger charge is -2.51. The molecule has 19 heavy (non-hydrogen) atoms. The minimum absolute atomic E-state index is 0.280. The van der Waals surface area contributed by atoms with E-state index in [1.165, 1.54) is 37.3 Å². The minimum atomic E-state index is -1.57. The molecule has 1 saturated carbocycles. The molecule has 1 fully saturated rings. The van der Waals surface area contributed by atoms with Gasteiger partial charge in [-0.1, -0.05) is 70.9 Å². The van der Waals surface area contributed by atoms with Gasteiger partial charge < -0.3 is 0 Å². The van der Waals surface area contributed by atoms with Gasteiger partial charge in [-0.05, 0) is 34.5 Å². The van der Waals surface area contributed by atoms with Crippen LogP contribution in [-0.2, 0) is 5.04 Å². The van der Waals surface area contributed by atoms with Crippen LogP contribution in [0.3, 0.4) is 0 Å². The van der Waals surface area contributed by atoms with Crippen LogP contribution in [0.25, 0.3) is 0 Å². The summed E-state index contributed by atoms with van der Waals surface area (Å²) in [5.41, 5.74) is 1.51. The van der Waals surface area contributed by atoms with Crippen LogP contribution >= 0.6 is 15.3 Å². The van der Waals surface area contributed by atoms with Crippen molar-refractivity contribution in [2.45, 2.75) is 69.5 Å². The van der Waals surface area contributed by atoms with Crippen LogP contribution in [0.2, 0.25) is 11.1 Å². The molecule has 2 heteroatoms. The maximum absolute atomic E-state index is 4.36. The van der Waals surface area contributed by atoms with E-state index in [0.29, 0.717) is 5.04 Å². The molecule has 0 aromatic heterocycles. The Labute approximate surface area is 127 Å².